The zero-order chi connectivity index (χ0) is 20.5. The summed E-state index contributed by atoms with van der Waals surface area (Å²) in [6, 6.07) is 3.35. The quantitative estimate of drug-likeness (QED) is 0.555. The maximum Gasteiger partial charge on any atom is 0.251 e. The molecule has 0 aliphatic rings. The molecule has 2 aromatic rings. The van der Waals surface area contributed by atoms with Crippen molar-refractivity contribution >= 4 is 18.1 Å². The van der Waals surface area contributed by atoms with E-state index in [1.54, 1.807) is 12.1 Å². The summed E-state index contributed by atoms with van der Waals surface area (Å²) in [4.78, 5) is 12.7. The lowest BCUT2D eigenvalue weighted by molar-refractivity contribution is 0.0952. The number of carbonyl (C=O) groups excluding carboxylic acids is 1. The second-order valence-electron chi connectivity index (χ2n) is 5.80. The Hall–Kier alpha value is -2.55. The van der Waals surface area contributed by atoms with Crippen molar-refractivity contribution in [2.45, 2.75) is 40.7 Å². The summed E-state index contributed by atoms with van der Waals surface area (Å²) in [6.07, 6.45) is 0.570. The van der Waals surface area contributed by atoms with Gasteiger partial charge >= 0.3 is 0 Å². The maximum atomic E-state index is 12.7. The largest absolute Gasteiger partial charge is 0.490 e. The highest BCUT2D eigenvalue weighted by atomic mass is 32.1. The van der Waals surface area contributed by atoms with E-state index in [0.717, 1.165) is 12.4 Å². The molecule has 0 bridgehead atoms. The number of rotatable bonds is 11. The van der Waals surface area contributed by atoms with Crippen molar-refractivity contribution < 1.29 is 19.0 Å². The molecule has 1 aromatic carbocycles. The molecule has 28 heavy (non-hydrogen) atoms. The molecule has 2 N–H and O–H groups in total. The second kappa shape index (κ2) is 10.7. The van der Waals surface area contributed by atoms with Crippen LogP contribution in [0.1, 0.15) is 43.9 Å². The Morgan fingerprint density at radius 1 is 1.11 bits per heavy atom. The molecule has 1 amide bonds. The highest BCUT2D eigenvalue weighted by molar-refractivity contribution is 7.71. The molecule has 0 atom stereocenters. The summed E-state index contributed by atoms with van der Waals surface area (Å²) < 4.78 is 19.5. The smallest absolute Gasteiger partial charge is 0.251 e. The fourth-order valence-electron chi connectivity index (χ4n) is 2.78. The van der Waals surface area contributed by atoms with Crippen LogP contribution in [0.3, 0.4) is 0 Å². The molecular formula is C19H28N4O4S. The number of aromatic amines is 1. The summed E-state index contributed by atoms with van der Waals surface area (Å²) in [5.74, 6) is 2.09. The molecule has 1 heterocycles. The Labute approximate surface area is 170 Å². The van der Waals surface area contributed by atoms with E-state index in [1.807, 2.05) is 32.3 Å². The summed E-state index contributed by atoms with van der Waals surface area (Å²) >= 11 is 5.18. The molecule has 154 valence electrons. The first kappa shape index (κ1) is 21.7. The summed E-state index contributed by atoms with van der Waals surface area (Å²) in [6.45, 7) is 10.2. The second-order valence-corrected chi connectivity index (χ2v) is 6.18. The van der Waals surface area contributed by atoms with Crippen molar-refractivity contribution in [2.75, 3.05) is 26.4 Å². The predicted molar refractivity (Wildman–Crippen MR) is 109 cm³/mol. The van der Waals surface area contributed by atoms with Crippen LogP contribution in [-0.2, 0) is 13.0 Å². The molecule has 8 nitrogen and oxygen atoms in total. The van der Waals surface area contributed by atoms with Gasteiger partial charge in [0.2, 0.25) is 5.75 Å². The van der Waals surface area contributed by atoms with E-state index in [4.69, 9.17) is 26.4 Å². The zero-order valence-corrected chi connectivity index (χ0v) is 17.6. The molecule has 0 saturated carbocycles. The van der Waals surface area contributed by atoms with Crippen molar-refractivity contribution in [3.63, 3.8) is 0 Å². The Bertz CT molecular complexity index is 820. The van der Waals surface area contributed by atoms with E-state index in [-0.39, 0.29) is 5.91 Å². The lowest BCUT2D eigenvalue weighted by Gasteiger charge is -2.17. The minimum Gasteiger partial charge on any atom is -0.490 e. The zero-order valence-electron chi connectivity index (χ0n) is 16.8. The molecule has 0 radical (unpaired) electrons. The molecule has 2 rings (SSSR count). The van der Waals surface area contributed by atoms with Crippen LogP contribution in [0.25, 0.3) is 0 Å². The molecule has 0 aliphatic carbocycles. The third-order valence-electron chi connectivity index (χ3n) is 3.96. The molecule has 9 heteroatoms. The normalized spacial score (nSPS) is 10.6. The SMILES string of the molecule is CCOc1cc(C(=O)NCCc2n[nH]c(=S)n2CC)cc(OCC)c1OCC. The van der Waals surface area contributed by atoms with E-state index in [0.29, 0.717) is 60.4 Å². The van der Waals surface area contributed by atoms with Gasteiger partial charge in [-0.05, 0) is 52.0 Å². The monoisotopic (exact) mass is 408 g/mol. The van der Waals surface area contributed by atoms with Crippen molar-refractivity contribution in [1.29, 1.82) is 0 Å². The fraction of sp³-hybridized carbons (Fsp3) is 0.526. The van der Waals surface area contributed by atoms with Gasteiger partial charge in [-0.1, -0.05) is 0 Å². The highest BCUT2D eigenvalue weighted by Gasteiger charge is 2.18. The third-order valence-corrected chi connectivity index (χ3v) is 4.27. The Morgan fingerprint density at radius 2 is 1.71 bits per heavy atom. The van der Waals surface area contributed by atoms with Crippen LogP contribution in [0.15, 0.2) is 12.1 Å². The molecule has 0 aliphatic heterocycles. The van der Waals surface area contributed by atoms with Gasteiger partial charge in [-0.2, -0.15) is 5.10 Å². The first-order valence-electron chi connectivity index (χ1n) is 9.54. The molecule has 0 spiro atoms. The number of hydrogen-bond acceptors (Lipinski definition) is 6. The van der Waals surface area contributed by atoms with E-state index in [2.05, 4.69) is 15.5 Å². The Kier molecular flexibility index (Phi) is 8.31. The van der Waals surface area contributed by atoms with Crippen LogP contribution in [0.2, 0.25) is 0 Å². The van der Waals surface area contributed by atoms with E-state index in [1.165, 1.54) is 0 Å². The van der Waals surface area contributed by atoms with Crippen LogP contribution in [0, 0.1) is 4.77 Å². The summed E-state index contributed by atoms with van der Waals surface area (Å²) in [7, 11) is 0. The van der Waals surface area contributed by atoms with Crippen molar-refractivity contribution in [1.82, 2.24) is 20.1 Å². The van der Waals surface area contributed by atoms with Gasteiger partial charge in [0.1, 0.15) is 5.82 Å². The van der Waals surface area contributed by atoms with Gasteiger partial charge in [0.15, 0.2) is 16.3 Å². The molecule has 1 aromatic heterocycles. The molecule has 0 unspecified atom stereocenters. The van der Waals surface area contributed by atoms with Gasteiger partial charge in [0.05, 0.1) is 19.8 Å². The number of hydrogen-bond donors (Lipinski definition) is 2. The van der Waals surface area contributed by atoms with Crippen LogP contribution in [0.4, 0.5) is 0 Å². The van der Waals surface area contributed by atoms with Crippen molar-refractivity contribution in [3.8, 4) is 17.2 Å². The van der Waals surface area contributed by atoms with Gasteiger partial charge in [-0.25, -0.2) is 0 Å². The minimum atomic E-state index is -0.220. The lowest BCUT2D eigenvalue weighted by atomic mass is 10.1. The molecule has 0 saturated heterocycles. The van der Waals surface area contributed by atoms with Gasteiger partial charge in [0.25, 0.3) is 5.91 Å². The van der Waals surface area contributed by atoms with Crippen LogP contribution < -0.4 is 19.5 Å². The summed E-state index contributed by atoms with van der Waals surface area (Å²) in [5, 5.41) is 9.88. The molecule has 0 fully saturated rings. The number of ether oxygens (including phenoxy) is 3. The van der Waals surface area contributed by atoms with Crippen LogP contribution >= 0.6 is 12.2 Å². The first-order valence-corrected chi connectivity index (χ1v) is 9.95. The van der Waals surface area contributed by atoms with Gasteiger partial charge in [-0.3, -0.25) is 9.89 Å². The van der Waals surface area contributed by atoms with Gasteiger partial charge < -0.3 is 24.1 Å². The first-order chi connectivity index (χ1) is 13.5. The van der Waals surface area contributed by atoms with Crippen molar-refractivity contribution in [2.24, 2.45) is 0 Å². The number of H-pyrrole nitrogens is 1. The summed E-state index contributed by atoms with van der Waals surface area (Å²) in [5.41, 5.74) is 0.449. The predicted octanol–water partition coefficient (Wildman–Crippen LogP) is 3.13. The molecular weight excluding hydrogens is 380 g/mol. The topological polar surface area (TPSA) is 90.4 Å². The Balaban J connectivity index is 2.15. The van der Waals surface area contributed by atoms with Gasteiger partial charge in [-0.15, -0.1) is 0 Å². The van der Waals surface area contributed by atoms with Crippen molar-refractivity contribution in [3.05, 3.63) is 28.3 Å². The number of aromatic nitrogens is 3. The number of nitrogens with one attached hydrogen (secondary N) is 2. The maximum absolute atomic E-state index is 12.7. The average molecular weight is 409 g/mol. The van der Waals surface area contributed by atoms with E-state index < -0.39 is 0 Å². The number of amides is 1. The lowest BCUT2D eigenvalue weighted by Crippen LogP contribution is -2.26. The van der Waals surface area contributed by atoms with Crippen LogP contribution in [0.5, 0.6) is 17.2 Å². The minimum absolute atomic E-state index is 0.220. The van der Waals surface area contributed by atoms with Gasteiger partial charge in [0, 0.05) is 25.1 Å². The van der Waals surface area contributed by atoms with Crippen LogP contribution in [-0.4, -0.2) is 47.0 Å². The fourth-order valence-corrected chi connectivity index (χ4v) is 3.06. The van der Waals surface area contributed by atoms with E-state index >= 15 is 0 Å². The Morgan fingerprint density at radius 3 is 2.25 bits per heavy atom. The number of benzene rings is 1. The highest BCUT2D eigenvalue weighted by Crippen LogP contribution is 2.39. The third kappa shape index (κ3) is 5.25. The van der Waals surface area contributed by atoms with E-state index in [9.17, 15) is 4.79 Å². The number of nitrogens with zero attached hydrogens (tertiary/aromatic N) is 2. The number of carbonyl (C=O) groups is 1. The average Bonchev–Trinajstić information content (AvgIpc) is 3.04. The standard InChI is InChI=1S/C19H28N4O4S/c1-5-23-16(21-22-19(23)28)9-10-20-18(24)13-11-14(25-6-2)17(27-8-4)15(12-13)26-7-3/h11-12H,5-10H2,1-4H3,(H,20,24)(H,22,28).